The van der Waals surface area contributed by atoms with Crippen LogP contribution in [0.2, 0.25) is 0 Å². The predicted molar refractivity (Wildman–Crippen MR) is 362 cm³/mol. The van der Waals surface area contributed by atoms with Gasteiger partial charge in [0.05, 0.1) is 0 Å². The lowest BCUT2D eigenvalue weighted by atomic mass is 10.0. The molecular weight excluding hydrogens is 1020 g/mol. The van der Waals surface area contributed by atoms with Crippen molar-refractivity contribution in [3.05, 3.63) is 72.9 Å². The average Bonchev–Trinajstić information content (AvgIpc) is 3.49. The summed E-state index contributed by atoms with van der Waals surface area (Å²) in [5.74, 6) is -0.854. The van der Waals surface area contributed by atoms with E-state index in [2.05, 4.69) is 93.7 Å². The molecule has 482 valence electrons. The third kappa shape index (κ3) is 69.5. The van der Waals surface area contributed by atoms with E-state index in [9.17, 15) is 14.4 Å². The van der Waals surface area contributed by atoms with E-state index in [4.69, 9.17) is 14.2 Å². The zero-order chi connectivity index (χ0) is 59.9. The van der Waals surface area contributed by atoms with Gasteiger partial charge in [-0.25, -0.2) is 0 Å². The molecule has 6 nitrogen and oxygen atoms in total. The maximum atomic E-state index is 13.0. The summed E-state index contributed by atoms with van der Waals surface area (Å²) in [6.45, 7) is 6.59. The summed E-state index contributed by atoms with van der Waals surface area (Å²) in [6, 6.07) is 0. The van der Waals surface area contributed by atoms with Crippen molar-refractivity contribution in [2.45, 2.75) is 386 Å². The number of unbranched alkanes of at least 4 members (excludes halogenated alkanes) is 44. The summed E-state index contributed by atoms with van der Waals surface area (Å²) in [5, 5.41) is 0. The maximum Gasteiger partial charge on any atom is 0.306 e. The van der Waals surface area contributed by atoms with Gasteiger partial charge in [-0.2, -0.15) is 0 Å². The minimum Gasteiger partial charge on any atom is -0.462 e. The maximum absolute atomic E-state index is 13.0. The number of carbonyl (C=O) groups is 3. The highest BCUT2D eigenvalue weighted by Crippen LogP contribution is 2.18. The Labute approximate surface area is 516 Å². The predicted octanol–water partition coefficient (Wildman–Crippen LogP) is 25.2. The van der Waals surface area contributed by atoms with Crippen LogP contribution in [0.4, 0.5) is 0 Å². The van der Waals surface area contributed by atoms with Crippen LogP contribution in [0.3, 0.4) is 0 Å². The fourth-order valence-corrected chi connectivity index (χ4v) is 10.8. The molecule has 0 spiro atoms. The van der Waals surface area contributed by atoms with Crippen molar-refractivity contribution in [2.75, 3.05) is 13.2 Å². The molecule has 1 atom stereocenters. The third-order valence-electron chi connectivity index (χ3n) is 16.2. The lowest BCUT2D eigenvalue weighted by Crippen LogP contribution is -2.30. The molecule has 0 bridgehead atoms. The van der Waals surface area contributed by atoms with Crippen molar-refractivity contribution in [3.63, 3.8) is 0 Å². The van der Waals surface area contributed by atoms with Crippen LogP contribution in [0.5, 0.6) is 0 Å². The summed E-state index contributed by atoms with van der Waals surface area (Å²) in [6.07, 6.45) is 93.6. The molecule has 0 aromatic carbocycles. The van der Waals surface area contributed by atoms with E-state index in [1.165, 1.54) is 238 Å². The Morgan fingerprint density at radius 2 is 0.470 bits per heavy atom. The fourth-order valence-electron chi connectivity index (χ4n) is 10.8. The van der Waals surface area contributed by atoms with Gasteiger partial charge >= 0.3 is 17.9 Å². The Balaban J connectivity index is 4.31. The van der Waals surface area contributed by atoms with Crippen molar-refractivity contribution < 1.29 is 28.6 Å². The van der Waals surface area contributed by atoms with Crippen LogP contribution in [0, 0.1) is 0 Å². The van der Waals surface area contributed by atoms with Crippen molar-refractivity contribution in [2.24, 2.45) is 0 Å². The lowest BCUT2D eigenvalue weighted by molar-refractivity contribution is -0.167. The topological polar surface area (TPSA) is 78.9 Å². The van der Waals surface area contributed by atoms with Gasteiger partial charge in [0.2, 0.25) is 0 Å². The van der Waals surface area contributed by atoms with Crippen LogP contribution < -0.4 is 0 Å². The molecule has 1 unspecified atom stereocenters. The Kier molecular flexibility index (Phi) is 68.6. The van der Waals surface area contributed by atoms with E-state index in [1.807, 2.05) is 0 Å². The average molecular weight is 1160 g/mol. The monoisotopic (exact) mass is 1160 g/mol. The van der Waals surface area contributed by atoms with Gasteiger partial charge < -0.3 is 14.2 Å². The highest BCUT2D eigenvalue weighted by molar-refractivity contribution is 5.71. The van der Waals surface area contributed by atoms with Gasteiger partial charge in [0.1, 0.15) is 13.2 Å². The second-order valence-electron chi connectivity index (χ2n) is 24.5. The van der Waals surface area contributed by atoms with E-state index in [1.54, 1.807) is 0 Å². The second kappa shape index (κ2) is 71.3. The summed E-state index contributed by atoms with van der Waals surface area (Å²) in [7, 11) is 0. The number of esters is 3. The van der Waals surface area contributed by atoms with Gasteiger partial charge in [0.15, 0.2) is 6.10 Å². The first-order chi connectivity index (χ1) is 41.0. The van der Waals surface area contributed by atoms with Crippen molar-refractivity contribution in [1.29, 1.82) is 0 Å². The Bertz CT molecular complexity index is 1520. The SMILES string of the molecule is CC/C=C\C/C=C\C/C=C\C/C=C\C/C=C\C/C=C\CCCCCCCCCCC(=O)OCC(COC(=O)CCCCCCCCCCCCCCCCC)OC(=O)CCCCCCCCCCCCCCCCCCCCCCCCC. The largest absolute Gasteiger partial charge is 0.462 e. The molecule has 0 rings (SSSR count). The second-order valence-corrected chi connectivity index (χ2v) is 24.5. The number of ether oxygens (including phenoxy) is 3. The standard InChI is InChI=1S/C77H138O6/c1-4-7-10-13-16-19-22-25-28-30-32-34-36-37-38-39-41-42-44-46-49-52-55-58-61-64-67-70-76(79)82-73-74(72-81-75(78)69-66-63-60-57-54-51-48-27-24-21-18-15-12-9-6-3)83-77(80)71-68-65-62-59-56-53-50-47-45-43-40-35-33-31-29-26-23-20-17-14-11-8-5-2/h7,10,16,19,25,28,32,34,37-38,41-42,74H,4-6,8-9,11-15,17-18,20-24,26-27,29-31,33,35-36,39-40,43-73H2,1-3H3/b10-7-,19-16-,28-25-,34-32-,38-37-,42-41-. The van der Waals surface area contributed by atoms with Crippen LogP contribution in [0.25, 0.3) is 0 Å². The van der Waals surface area contributed by atoms with E-state index >= 15 is 0 Å². The van der Waals surface area contributed by atoms with Crippen molar-refractivity contribution in [3.8, 4) is 0 Å². The molecule has 6 heteroatoms. The summed E-state index contributed by atoms with van der Waals surface area (Å²) < 4.78 is 17.0. The number of hydrogen-bond acceptors (Lipinski definition) is 6. The van der Waals surface area contributed by atoms with E-state index < -0.39 is 6.10 Å². The molecule has 0 radical (unpaired) electrons. The molecule has 0 saturated carbocycles. The minimum atomic E-state index is -0.777. The normalized spacial score (nSPS) is 12.5. The first-order valence-electron chi connectivity index (χ1n) is 36.4. The van der Waals surface area contributed by atoms with E-state index in [0.29, 0.717) is 19.3 Å². The van der Waals surface area contributed by atoms with Gasteiger partial charge in [-0.1, -0.05) is 363 Å². The van der Waals surface area contributed by atoms with Crippen LogP contribution >= 0.6 is 0 Å². The molecule has 0 N–H and O–H groups in total. The van der Waals surface area contributed by atoms with E-state index in [0.717, 1.165) is 103 Å². The van der Waals surface area contributed by atoms with Crippen LogP contribution in [-0.2, 0) is 28.6 Å². The first kappa shape index (κ1) is 79.8. The van der Waals surface area contributed by atoms with Gasteiger partial charge in [-0.15, -0.1) is 0 Å². The molecule has 83 heavy (non-hydrogen) atoms. The first-order valence-corrected chi connectivity index (χ1v) is 36.4. The van der Waals surface area contributed by atoms with Crippen molar-refractivity contribution >= 4 is 17.9 Å². The molecule has 0 fully saturated rings. The zero-order valence-electron chi connectivity index (χ0n) is 55.5. The van der Waals surface area contributed by atoms with E-state index in [-0.39, 0.29) is 31.1 Å². The number of rotatable bonds is 67. The molecule has 0 aromatic rings. The fraction of sp³-hybridized carbons (Fsp3) is 0.805. The summed E-state index contributed by atoms with van der Waals surface area (Å²) in [5.41, 5.74) is 0. The van der Waals surface area contributed by atoms with Crippen LogP contribution in [0.1, 0.15) is 380 Å². The molecule has 0 heterocycles. The molecule has 0 aliphatic rings. The Morgan fingerprint density at radius 3 is 0.735 bits per heavy atom. The smallest absolute Gasteiger partial charge is 0.306 e. The number of carbonyl (C=O) groups excluding carboxylic acids is 3. The molecule has 0 amide bonds. The Morgan fingerprint density at radius 1 is 0.253 bits per heavy atom. The van der Waals surface area contributed by atoms with Crippen molar-refractivity contribution in [1.82, 2.24) is 0 Å². The third-order valence-corrected chi connectivity index (χ3v) is 16.2. The quantitative estimate of drug-likeness (QED) is 0.0261. The minimum absolute atomic E-state index is 0.0720. The lowest BCUT2D eigenvalue weighted by Gasteiger charge is -2.18. The highest BCUT2D eigenvalue weighted by Gasteiger charge is 2.19. The molecule has 0 aromatic heterocycles. The van der Waals surface area contributed by atoms with Gasteiger partial charge in [-0.3, -0.25) is 14.4 Å². The van der Waals surface area contributed by atoms with Gasteiger partial charge in [0.25, 0.3) is 0 Å². The number of allylic oxidation sites excluding steroid dienone is 12. The molecule has 0 aliphatic heterocycles. The van der Waals surface area contributed by atoms with Gasteiger partial charge in [-0.05, 0) is 70.6 Å². The zero-order valence-corrected chi connectivity index (χ0v) is 55.5. The van der Waals surface area contributed by atoms with Gasteiger partial charge in [0, 0.05) is 19.3 Å². The number of hydrogen-bond donors (Lipinski definition) is 0. The molecule has 0 aliphatic carbocycles. The highest BCUT2D eigenvalue weighted by atomic mass is 16.6. The van der Waals surface area contributed by atoms with Crippen LogP contribution in [-0.4, -0.2) is 37.2 Å². The molecular formula is C77H138O6. The Hall–Kier alpha value is -3.15. The van der Waals surface area contributed by atoms with Crippen LogP contribution in [0.15, 0.2) is 72.9 Å². The molecule has 0 saturated heterocycles. The summed E-state index contributed by atoms with van der Waals surface area (Å²) >= 11 is 0. The summed E-state index contributed by atoms with van der Waals surface area (Å²) in [4.78, 5) is 38.5.